The van der Waals surface area contributed by atoms with Crippen LogP contribution in [-0.2, 0) is 0 Å². The molecule has 0 saturated carbocycles. The van der Waals surface area contributed by atoms with E-state index >= 15 is 0 Å². The Balaban J connectivity index is 0.00000289. The second-order valence-corrected chi connectivity index (χ2v) is 3.21. The van der Waals surface area contributed by atoms with E-state index in [1.807, 2.05) is 0 Å². The summed E-state index contributed by atoms with van der Waals surface area (Å²) in [4.78, 5) is 0. The van der Waals surface area contributed by atoms with Crippen molar-refractivity contribution in [1.82, 2.24) is 5.43 Å². The van der Waals surface area contributed by atoms with Gasteiger partial charge in [-0.2, -0.15) is 5.43 Å². The SMILES string of the molecule is COc1cc(OCCN[NH3+])cc(OC)c1OC.[Cl-]. The molecule has 1 aromatic rings. The number of hydrogen-bond acceptors (Lipinski definition) is 5. The third-order valence-corrected chi connectivity index (χ3v) is 2.19. The first-order valence-corrected chi connectivity index (χ1v) is 5.19. The van der Waals surface area contributed by atoms with Crippen molar-refractivity contribution in [3.63, 3.8) is 0 Å². The van der Waals surface area contributed by atoms with Crippen LogP contribution in [0.3, 0.4) is 0 Å². The first-order valence-electron chi connectivity index (χ1n) is 5.19. The molecule has 0 amide bonds. The highest BCUT2D eigenvalue weighted by atomic mass is 35.5. The van der Waals surface area contributed by atoms with Crippen molar-refractivity contribution in [2.75, 3.05) is 34.5 Å². The number of rotatable bonds is 7. The zero-order valence-electron chi connectivity index (χ0n) is 10.8. The van der Waals surface area contributed by atoms with E-state index in [-0.39, 0.29) is 12.4 Å². The van der Waals surface area contributed by atoms with E-state index in [0.29, 0.717) is 36.1 Å². The summed E-state index contributed by atoms with van der Waals surface area (Å²) in [6.07, 6.45) is 0. The molecule has 0 heterocycles. The molecule has 0 spiro atoms. The van der Waals surface area contributed by atoms with Crippen LogP contribution in [0.5, 0.6) is 23.0 Å². The van der Waals surface area contributed by atoms with E-state index in [4.69, 9.17) is 18.9 Å². The van der Waals surface area contributed by atoms with Crippen LogP contribution in [0.25, 0.3) is 0 Å². The zero-order chi connectivity index (χ0) is 12.7. The first-order chi connectivity index (χ1) is 8.26. The van der Waals surface area contributed by atoms with Crippen molar-refractivity contribution in [3.05, 3.63) is 12.1 Å². The molecule has 0 bridgehead atoms. The van der Waals surface area contributed by atoms with Crippen molar-refractivity contribution in [2.45, 2.75) is 0 Å². The van der Waals surface area contributed by atoms with Crippen LogP contribution < -0.4 is 42.6 Å². The lowest BCUT2D eigenvalue weighted by Crippen LogP contribution is -3.00. The number of quaternary nitrogens is 1. The molecule has 0 aliphatic rings. The molecule has 1 rings (SSSR count). The Labute approximate surface area is 113 Å². The quantitative estimate of drug-likeness (QED) is 0.407. The molecule has 0 aromatic heterocycles. The fourth-order valence-electron chi connectivity index (χ4n) is 1.38. The summed E-state index contributed by atoms with van der Waals surface area (Å²) < 4.78 is 21.1. The van der Waals surface area contributed by atoms with Crippen LogP contribution >= 0.6 is 0 Å². The van der Waals surface area contributed by atoms with E-state index in [0.717, 1.165) is 0 Å². The van der Waals surface area contributed by atoms with Gasteiger partial charge in [0.2, 0.25) is 5.75 Å². The molecule has 104 valence electrons. The van der Waals surface area contributed by atoms with Gasteiger partial charge in [0.1, 0.15) is 12.4 Å². The highest BCUT2D eigenvalue weighted by molar-refractivity contribution is 5.55. The van der Waals surface area contributed by atoms with Crippen molar-refractivity contribution in [2.24, 2.45) is 0 Å². The Morgan fingerprint density at radius 3 is 2.00 bits per heavy atom. The highest BCUT2D eigenvalue weighted by Gasteiger charge is 2.13. The van der Waals surface area contributed by atoms with E-state index in [1.165, 1.54) is 0 Å². The monoisotopic (exact) mass is 278 g/mol. The van der Waals surface area contributed by atoms with Crippen LogP contribution in [0, 0.1) is 0 Å². The number of benzene rings is 1. The smallest absolute Gasteiger partial charge is 0.203 e. The Kier molecular flexibility index (Phi) is 8.02. The minimum Gasteiger partial charge on any atom is -1.00 e. The molecule has 0 unspecified atom stereocenters. The minimum atomic E-state index is 0. The fraction of sp³-hybridized carbons (Fsp3) is 0.455. The van der Waals surface area contributed by atoms with Gasteiger partial charge in [-0.25, -0.2) is 0 Å². The van der Waals surface area contributed by atoms with Gasteiger partial charge < -0.3 is 31.4 Å². The molecular weight excluding hydrogens is 260 g/mol. The molecule has 0 saturated heterocycles. The average Bonchev–Trinajstić information content (AvgIpc) is 2.37. The summed E-state index contributed by atoms with van der Waals surface area (Å²) in [6.45, 7) is 1.18. The summed E-state index contributed by atoms with van der Waals surface area (Å²) >= 11 is 0. The number of halogens is 1. The Morgan fingerprint density at radius 2 is 1.61 bits per heavy atom. The zero-order valence-corrected chi connectivity index (χ0v) is 11.5. The molecule has 6 nitrogen and oxygen atoms in total. The minimum absolute atomic E-state index is 0. The van der Waals surface area contributed by atoms with Crippen LogP contribution in [0.4, 0.5) is 0 Å². The summed E-state index contributed by atoms with van der Waals surface area (Å²) in [7, 11) is 4.70. The molecule has 0 atom stereocenters. The molecule has 0 fully saturated rings. The molecular formula is C11H19ClN2O4. The Hall–Kier alpha value is -1.37. The summed E-state index contributed by atoms with van der Waals surface area (Å²) in [5, 5.41) is 0. The van der Waals surface area contributed by atoms with E-state index in [2.05, 4.69) is 11.3 Å². The van der Waals surface area contributed by atoms with Crippen LogP contribution in [0.1, 0.15) is 0 Å². The molecule has 1 aromatic carbocycles. The van der Waals surface area contributed by atoms with Gasteiger partial charge in [-0.05, 0) is 0 Å². The summed E-state index contributed by atoms with van der Waals surface area (Å²) in [5.41, 5.74) is 2.76. The second-order valence-electron chi connectivity index (χ2n) is 3.21. The van der Waals surface area contributed by atoms with Crippen LogP contribution in [0.15, 0.2) is 12.1 Å². The Bertz CT molecular complexity index is 338. The predicted molar refractivity (Wildman–Crippen MR) is 62.5 cm³/mol. The lowest BCUT2D eigenvalue weighted by molar-refractivity contribution is -0.443. The predicted octanol–water partition coefficient (Wildman–Crippen LogP) is -3.16. The maximum Gasteiger partial charge on any atom is 0.203 e. The third kappa shape index (κ3) is 4.14. The molecule has 0 aliphatic heterocycles. The number of hydrogen-bond donors (Lipinski definition) is 2. The Morgan fingerprint density at radius 1 is 1.06 bits per heavy atom. The number of methoxy groups -OCH3 is 3. The number of nitrogens with one attached hydrogen (secondary N) is 1. The summed E-state index contributed by atoms with van der Waals surface area (Å²) in [6, 6.07) is 3.51. The lowest BCUT2D eigenvalue weighted by atomic mass is 10.2. The van der Waals surface area contributed by atoms with Crippen molar-refractivity contribution < 1.29 is 37.2 Å². The van der Waals surface area contributed by atoms with Gasteiger partial charge >= 0.3 is 0 Å². The maximum atomic E-state index is 5.51. The van der Waals surface area contributed by atoms with Crippen LogP contribution in [0.2, 0.25) is 0 Å². The van der Waals surface area contributed by atoms with Gasteiger partial charge in [-0.1, -0.05) is 0 Å². The van der Waals surface area contributed by atoms with E-state index in [1.54, 1.807) is 33.5 Å². The standard InChI is InChI=1S/C11H18N2O4.ClH/c1-14-9-6-8(17-5-4-13-12)7-10(15-2)11(9)16-3;/h6-7,13H,4-5,12H2,1-3H3;1H. The lowest BCUT2D eigenvalue weighted by Gasteiger charge is -2.14. The van der Waals surface area contributed by atoms with Crippen molar-refractivity contribution in [3.8, 4) is 23.0 Å². The van der Waals surface area contributed by atoms with E-state index in [9.17, 15) is 0 Å². The maximum absolute atomic E-state index is 5.51. The molecule has 4 N–H and O–H groups in total. The van der Waals surface area contributed by atoms with Gasteiger partial charge in [0.15, 0.2) is 11.5 Å². The van der Waals surface area contributed by atoms with Gasteiger partial charge in [-0.3, -0.25) is 5.84 Å². The summed E-state index contributed by atoms with van der Waals surface area (Å²) in [5.74, 6) is 5.87. The molecule has 7 heteroatoms. The molecule has 0 radical (unpaired) electrons. The van der Waals surface area contributed by atoms with Crippen molar-refractivity contribution in [1.29, 1.82) is 0 Å². The highest BCUT2D eigenvalue weighted by Crippen LogP contribution is 2.40. The molecule has 18 heavy (non-hydrogen) atoms. The second kappa shape index (κ2) is 8.68. The van der Waals surface area contributed by atoms with Gasteiger partial charge in [0, 0.05) is 12.1 Å². The van der Waals surface area contributed by atoms with Crippen LogP contribution in [-0.4, -0.2) is 34.5 Å². The van der Waals surface area contributed by atoms with Gasteiger partial charge in [0.05, 0.1) is 27.9 Å². The first kappa shape index (κ1) is 16.6. The molecule has 0 aliphatic carbocycles. The average molecular weight is 279 g/mol. The van der Waals surface area contributed by atoms with Crippen molar-refractivity contribution >= 4 is 0 Å². The topological polar surface area (TPSA) is 76.6 Å². The third-order valence-electron chi connectivity index (χ3n) is 2.19. The number of ether oxygens (including phenoxy) is 4. The fourth-order valence-corrected chi connectivity index (χ4v) is 1.38. The van der Waals surface area contributed by atoms with E-state index < -0.39 is 0 Å². The largest absolute Gasteiger partial charge is 1.00 e. The van der Waals surface area contributed by atoms with Gasteiger partial charge in [-0.15, -0.1) is 0 Å². The normalized spacial score (nSPS) is 9.33. The van der Waals surface area contributed by atoms with Gasteiger partial charge in [0.25, 0.3) is 0 Å².